The first-order chi connectivity index (χ1) is 8.58. The smallest absolute Gasteiger partial charge is 0.254 e. The molecule has 0 spiro atoms. The summed E-state index contributed by atoms with van der Waals surface area (Å²) in [6.07, 6.45) is 1.28. The van der Waals surface area contributed by atoms with Crippen LogP contribution in [-0.2, 0) is 6.54 Å². The molecule has 18 heavy (non-hydrogen) atoms. The Morgan fingerprint density at radius 3 is 2.83 bits per heavy atom. The molecule has 0 unspecified atom stereocenters. The zero-order valence-corrected chi connectivity index (χ0v) is 9.08. The summed E-state index contributed by atoms with van der Waals surface area (Å²) in [7, 11) is 0. The van der Waals surface area contributed by atoms with Gasteiger partial charge in [0.05, 0.1) is 17.8 Å². The third kappa shape index (κ3) is 2.42. The third-order valence-electron chi connectivity index (χ3n) is 2.21. The Bertz CT molecular complexity index is 570. The van der Waals surface area contributed by atoms with Crippen molar-refractivity contribution in [2.45, 2.75) is 6.54 Å². The summed E-state index contributed by atoms with van der Waals surface area (Å²) in [5.74, 6) is -2.18. The summed E-state index contributed by atoms with van der Waals surface area (Å²) in [5.41, 5.74) is 4.65. The molecule has 4 N–H and O–H groups in total. The van der Waals surface area contributed by atoms with Gasteiger partial charge < -0.3 is 11.1 Å². The van der Waals surface area contributed by atoms with Crippen molar-refractivity contribution in [2.24, 2.45) is 0 Å². The fourth-order valence-corrected chi connectivity index (χ4v) is 1.31. The van der Waals surface area contributed by atoms with E-state index >= 15 is 0 Å². The lowest BCUT2D eigenvalue weighted by molar-refractivity contribution is 0.0946. The molecule has 2 rings (SSSR count). The first kappa shape index (κ1) is 12.0. The lowest BCUT2D eigenvalue weighted by Crippen LogP contribution is -2.24. The number of carbonyl (C=O) groups excluding carboxylic acids is 1. The number of nitrogens with zero attached hydrogens (tertiary/aromatic N) is 2. The third-order valence-corrected chi connectivity index (χ3v) is 2.21. The van der Waals surface area contributed by atoms with Crippen molar-refractivity contribution in [1.82, 2.24) is 20.5 Å². The lowest BCUT2D eigenvalue weighted by atomic mass is 10.1. The number of benzene rings is 1. The quantitative estimate of drug-likeness (QED) is 0.697. The van der Waals surface area contributed by atoms with Crippen LogP contribution >= 0.6 is 0 Å². The molecule has 0 atom stereocenters. The second-order valence-corrected chi connectivity index (χ2v) is 3.47. The Hall–Kier alpha value is -2.51. The van der Waals surface area contributed by atoms with Gasteiger partial charge in [-0.3, -0.25) is 9.89 Å². The molecular weight excluding hydrogens is 244 g/mol. The number of hydrogen-bond donors (Lipinski definition) is 3. The highest BCUT2D eigenvalue weighted by molar-refractivity contribution is 5.95. The number of nitrogen functional groups attached to an aromatic ring is 1. The Balaban J connectivity index is 2.11. The van der Waals surface area contributed by atoms with E-state index in [2.05, 4.69) is 20.5 Å². The molecule has 0 fully saturated rings. The van der Waals surface area contributed by atoms with E-state index in [1.54, 1.807) is 0 Å². The zero-order valence-electron chi connectivity index (χ0n) is 9.08. The maximum atomic E-state index is 13.4. The molecule has 0 saturated carbocycles. The summed E-state index contributed by atoms with van der Waals surface area (Å²) in [5, 5.41) is 8.51. The van der Waals surface area contributed by atoms with Crippen molar-refractivity contribution < 1.29 is 13.6 Å². The molecule has 0 bridgehead atoms. The van der Waals surface area contributed by atoms with E-state index in [0.29, 0.717) is 11.9 Å². The van der Waals surface area contributed by atoms with Gasteiger partial charge in [0, 0.05) is 6.07 Å². The molecule has 0 aliphatic carbocycles. The summed E-state index contributed by atoms with van der Waals surface area (Å²) in [4.78, 5) is 15.4. The molecule has 1 aromatic heterocycles. The van der Waals surface area contributed by atoms with Gasteiger partial charge in [0.2, 0.25) is 0 Å². The van der Waals surface area contributed by atoms with E-state index in [1.807, 2.05) is 0 Å². The van der Waals surface area contributed by atoms with Gasteiger partial charge in [0.25, 0.3) is 5.91 Å². The van der Waals surface area contributed by atoms with Gasteiger partial charge >= 0.3 is 0 Å². The number of H-pyrrole nitrogens is 1. The van der Waals surface area contributed by atoms with Crippen LogP contribution in [0.15, 0.2) is 18.5 Å². The van der Waals surface area contributed by atoms with Crippen molar-refractivity contribution in [3.8, 4) is 0 Å². The number of aromatic nitrogens is 3. The summed E-state index contributed by atoms with van der Waals surface area (Å²) >= 11 is 0. The number of aromatic amines is 1. The number of anilines is 1. The monoisotopic (exact) mass is 253 g/mol. The van der Waals surface area contributed by atoms with Crippen molar-refractivity contribution in [3.05, 3.63) is 41.5 Å². The van der Waals surface area contributed by atoms with E-state index < -0.39 is 17.5 Å². The van der Waals surface area contributed by atoms with Gasteiger partial charge in [-0.05, 0) is 6.07 Å². The maximum absolute atomic E-state index is 13.4. The first-order valence-electron chi connectivity index (χ1n) is 4.95. The van der Waals surface area contributed by atoms with Crippen LogP contribution in [0.1, 0.15) is 16.2 Å². The van der Waals surface area contributed by atoms with Gasteiger partial charge in [-0.25, -0.2) is 13.8 Å². The van der Waals surface area contributed by atoms with Gasteiger partial charge in [-0.1, -0.05) is 0 Å². The summed E-state index contributed by atoms with van der Waals surface area (Å²) in [6, 6.07) is 1.51. The number of halogens is 2. The van der Waals surface area contributed by atoms with Crippen molar-refractivity contribution in [2.75, 3.05) is 5.73 Å². The minimum atomic E-state index is -0.975. The number of hydrogen-bond acceptors (Lipinski definition) is 4. The summed E-state index contributed by atoms with van der Waals surface area (Å²) in [6.45, 7) is 0.0511. The fourth-order valence-electron chi connectivity index (χ4n) is 1.31. The standard InChI is InChI=1S/C10H9F2N5O/c11-6-2-7(12)8(13)1-5(6)10(18)14-3-9-15-4-16-17-9/h1-2,4H,3,13H2,(H,14,18)(H,15,16,17). The average molecular weight is 253 g/mol. The molecule has 2 aromatic rings. The van der Waals surface area contributed by atoms with Gasteiger partial charge in [0.15, 0.2) is 0 Å². The highest BCUT2D eigenvalue weighted by atomic mass is 19.1. The summed E-state index contributed by atoms with van der Waals surface area (Å²) < 4.78 is 26.3. The average Bonchev–Trinajstić information content (AvgIpc) is 2.84. The zero-order chi connectivity index (χ0) is 13.1. The molecule has 0 radical (unpaired) electrons. The SMILES string of the molecule is Nc1cc(C(=O)NCc2ncn[nH]2)c(F)cc1F. The highest BCUT2D eigenvalue weighted by Gasteiger charge is 2.14. The second-order valence-electron chi connectivity index (χ2n) is 3.47. The van der Waals surface area contributed by atoms with E-state index in [1.165, 1.54) is 6.33 Å². The van der Waals surface area contributed by atoms with E-state index in [-0.39, 0.29) is 17.8 Å². The molecule has 1 amide bonds. The van der Waals surface area contributed by atoms with Crippen LogP contribution in [-0.4, -0.2) is 21.1 Å². The van der Waals surface area contributed by atoms with Crippen molar-refractivity contribution >= 4 is 11.6 Å². The molecule has 94 valence electrons. The molecule has 0 saturated heterocycles. The Kier molecular flexibility index (Phi) is 3.18. The topological polar surface area (TPSA) is 96.7 Å². The van der Waals surface area contributed by atoms with Crippen molar-refractivity contribution in [1.29, 1.82) is 0 Å². The van der Waals surface area contributed by atoms with Crippen LogP contribution in [0.4, 0.5) is 14.5 Å². The Labute approximate surface area is 100 Å². The molecule has 0 aliphatic rings. The highest BCUT2D eigenvalue weighted by Crippen LogP contribution is 2.16. The lowest BCUT2D eigenvalue weighted by Gasteiger charge is -2.06. The van der Waals surface area contributed by atoms with E-state index in [9.17, 15) is 13.6 Å². The Morgan fingerprint density at radius 2 is 2.17 bits per heavy atom. The molecule has 1 aromatic carbocycles. The largest absolute Gasteiger partial charge is 0.396 e. The Morgan fingerprint density at radius 1 is 1.39 bits per heavy atom. The van der Waals surface area contributed by atoms with Gasteiger partial charge in [-0.15, -0.1) is 0 Å². The number of nitrogens with two attached hydrogens (primary N) is 1. The molecule has 0 aliphatic heterocycles. The van der Waals surface area contributed by atoms with E-state index in [0.717, 1.165) is 6.07 Å². The number of amides is 1. The predicted molar refractivity (Wildman–Crippen MR) is 58.3 cm³/mol. The van der Waals surface area contributed by atoms with Crippen LogP contribution in [0.5, 0.6) is 0 Å². The molecule has 1 heterocycles. The molecule has 8 heteroatoms. The van der Waals surface area contributed by atoms with Crippen LogP contribution < -0.4 is 11.1 Å². The fraction of sp³-hybridized carbons (Fsp3) is 0.100. The van der Waals surface area contributed by atoms with Crippen LogP contribution in [0.25, 0.3) is 0 Å². The maximum Gasteiger partial charge on any atom is 0.254 e. The van der Waals surface area contributed by atoms with Crippen LogP contribution in [0.2, 0.25) is 0 Å². The second kappa shape index (κ2) is 4.78. The van der Waals surface area contributed by atoms with E-state index in [4.69, 9.17) is 5.73 Å². The number of nitrogens with one attached hydrogen (secondary N) is 2. The van der Waals surface area contributed by atoms with Crippen LogP contribution in [0.3, 0.4) is 0 Å². The van der Waals surface area contributed by atoms with Gasteiger partial charge in [0.1, 0.15) is 23.8 Å². The number of carbonyl (C=O) groups is 1. The minimum Gasteiger partial charge on any atom is -0.396 e. The normalized spacial score (nSPS) is 10.3. The molecule has 6 nitrogen and oxygen atoms in total. The first-order valence-corrected chi connectivity index (χ1v) is 4.95. The van der Waals surface area contributed by atoms with Gasteiger partial charge in [-0.2, -0.15) is 5.10 Å². The van der Waals surface area contributed by atoms with Crippen molar-refractivity contribution in [3.63, 3.8) is 0 Å². The number of rotatable bonds is 3. The minimum absolute atomic E-state index is 0.0511. The molecular formula is C10H9F2N5O. The van der Waals surface area contributed by atoms with Crippen LogP contribution in [0, 0.1) is 11.6 Å². The predicted octanol–water partition coefficient (Wildman–Crippen LogP) is 0.595.